The Kier molecular flexibility index (Phi) is 4.99. The fourth-order valence-corrected chi connectivity index (χ4v) is 2.78. The third-order valence-electron chi connectivity index (χ3n) is 3.08. The van der Waals surface area contributed by atoms with Gasteiger partial charge in [-0.25, -0.2) is 0 Å². The number of rotatable bonds is 2. The zero-order valence-corrected chi connectivity index (χ0v) is 14.7. The van der Waals surface area contributed by atoms with Crippen molar-refractivity contribution < 1.29 is 0 Å². The first-order valence-corrected chi connectivity index (χ1v) is 7.86. The quantitative estimate of drug-likeness (QED) is 0.550. The summed E-state index contributed by atoms with van der Waals surface area (Å²) in [6.45, 7) is 6.22. The average Bonchev–Trinajstić information content (AvgIpc) is 2.37. The van der Waals surface area contributed by atoms with E-state index in [0.29, 0.717) is 5.11 Å². The van der Waals surface area contributed by atoms with Crippen LogP contribution in [-0.2, 0) is 0 Å². The predicted octanol–water partition coefficient (Wildman–Crippen LogP) is 5.03. The van der Waals surface area contributed by atoms with Crippen LogP contribution in [0.2, 0.25) is 0 Å². The minimum absolute atomic E-state index is 0.614. The summed E-state index contributed by atoms with van der Waals surface area (Å²) in [6.07, 6.45) is 0. The third kappa shape index (κ3) is 3.93. The highest BCUT2D eigenvalue weighted by Crippen LogP contribution is 2.20. The SMILES string of the molecule is Cc1ccc(C)c(NC(=S)Nc2ccc(I)cc2C)c1. The molecule has 0 heterocycles. The van der Waals surface area contributed by atoms with E-state index < -0.39 is 0 Å². The van der Waals surface area contributed by atoms with Gasteiger partial charge in [0.05, 0.1) is 0 Å². The highest BCUT2D eigenvalue weighted by Gasteiger charge is 2.04. The summed E-state index contributed by atoms with van der Waals surface area (Å²) in [4.78, 5) is 0. The van der Waals surface area contributed by atoms with Gasteiger partial charge in [0.15, 0.2) is 5.11 Å². The van der Waals surface area contributed by atoms with Crippen molar-refractivity contribution in [3.8, 4) is 0 Å². The van der Waals surface area contributed by atoms with Crippen molar-refractivity contribution in [3.63, 3.8) is 0 Å². The molecule has 4 heteroatoms. The molecule has 104 valence electrons. The second-order valence-electron chi connectivity index (χ2n) is 4.86. The van der Waals surface area contributed by atoms with Gasteiger partial charge in [0.1, 0.15) is 0 Å². The largest absolute Gasteiger partial charge is 0.332 e. The molecule has 0 fully saturated rings. The Morgan fingerprint density at radius 3 is 2.30 bits per heavy atom. The van der Waals surface area contributed by atoms with Crippen molar-refractivity contribution in [2.75, 3.05) is 10.6 Å². The summed E-state index contributed by atoms with van der Waals surface area (Å²) in [5.74, 6) is 0. The molecule has 2 N–H and O–H groups in total. The Labute approximate surface area is 139 Å². The van der Waals surface area contributed by atoms with Gasteiger partial charge < -0.3 is 10.6 Å². The third-order valence-corrected chi connectivity index (χ3v) is 3.95. The topological polar surface area (TPSA) is 24.1 Å². The molecular weight excluding hydrogens is 379 g/mol. The van der Waals surface area contributed by atoms with Gasteiger partial charge in [-0.1, -0.05) is 12.1 Å². The first-order valence-electron chi connectivity index (χ1n) is 6.37. The molecule has 0 unspecified atom stereocenters. The molecule has 2 aromatic rings. The summed E-state index contributed by atoms with van der Waals surface area (Å²) in [6, 6.07) is 12.5. The van der Waals surface area contributed by atoms with Crippen LogP contribution < -0.4 is 10.6 Å². The molecule has 0 aliphatic rings. The molecule has 2 aromatic carbocycles. The second kappa shape index (κ2) is 6.54. The van der Waals surface area contributed by atoms with Crippen LogP contribution >= 0.6 is 34.8 Å². The minimum atomic E-state index is 0.614. The number of benzene rings is 2. The van der Waals surface area contributed by atoms with E-state index in [9.17, 15) is 0 Å². The number of nitrogens with one attached hydrogen (secondary N) is 2. The monoisotopic (exact) mass is 396 g/mol. The lowest BCUT2D eigenvalue weighted by Gasteiger charge is -2.14. The van der Waals surface area contributed by atoms with E-state index in [1.165, 1.54) is 20.3 Å². The average molecular weight is 396 g/mol. The second-order valence-corrected chi connectivity index (χ2v) is 6.51. The van der Waals surface area contributed by atoms with Crippen LogP contribution in [0.5, 0.6) is 0 Å². The Morgan fingerprint density at radius 2 is 1.60 bits per heavy atom. The highest BCUT2D eigenvalue weighted by molar-refractivity contribution is 14.1. The molecule has 0 spiro atoms. The number of halogens is 1. The van der Waals surface area contributed by atoms with E-state index in [1.54, 1.807) is 0 Å². The van der Waals surface area contributed by atoms with E-state index in [-0.39, 0.29) is 0 Å². The van der Waals surface area contributed by atoms with Crippen LogP contribution in [0, 0.1) is 24.3 Å². The van der Waals surface area contributed by atoms with Gasteiger partial charge in [-0.3, -0.25) is 0 Å². The normalized spacial score (nSPS) is 10.2. The number of anilines is 2. The van der Waals surface area contributed by atoms with E-state index in [2.05, 4.69) is 84.3 Å². The standard InChI is InChI=1S/C16H17IN2S/c1-10-4-5-11(2)15(8-10)19-16(20)18-14-7-6-13(17)9-12(14)3/h4-9H,1-3H3,(H2,18,19,20). The molecule has 2 nitrogen and oxygen atoms in total. The maximum atomic E-state index is 5.39. The maximum absolute atomic E-state index is 5.39. The van der Waals surface area contributed by atoms with Gasteiger partial charge in [0, 0.05) is 14.9 Å². The molecule has 0 aliphatic carbocycles. The highest BCUT2D eigenvalue weighted by atomic mass is 127. The zero-order valence-electron chi connectivity index (χ0n) is 11.8. The van der Waals surface area contributed by atoms with Crippen LogP contribution in [-0.4, -0.2) is 5.11 Å². The zero-order chi connectivity index (χ0) is 14.7. The summed E-state index contributed by atoms with van der Waals surface area (Å²) in [7, 11) is 0. The smallest absolute Gasteiger partial charge is 0.175 e. The lowest BCUT2D eigenvalue weighted by atomic mass is 10.1. The number of aryl methyl sites for hydroxylation is 3. The van der Waals surface area contributed by atoms with Gasteiger partial charge in [0.25, 0.3) is 0 Å². The lowest BCUT2D eigenvalue weighted by molar-refractivity contribution is 1.39. The van der Waals surface area contributed by atoms with E-state index in [1.807, 2.05) is 6.07 Å². The van der Waals surface area contributed by atoms with Crippen LogP contribution in [0.1, 0.15) is 16.7 Å². The summed E-state index contributed by atoms with van der Waals surface area (Å²) < 4.78 is 1.22. The number of hydrogen-bond donors (Lipinski definition) is 2. The van der Waals surface area contributed by atoms with E-state index in [0.717, 1.165) is 11.4 Å². The molecule has 0 aliphatic heterocycles. The first-order chi connectivity index (χ1) is 9.45. The summed E-state index contributed by atoms with van der Waals surface area (Å²) in [5, 5.41) is 7.12. The van der Waals surface area contributed by atoms with Crippen molar-refractivity contribution in [1.29, 1.82) is 0 Å². The summed E-state index contributed by atoms with van der Waals surface area (Å²) in [5.41, 5.74) is 5.66. The number of thiocarbonyl (C=S) groups is 1. The van der Waals surface area contributed by atoms with Gasteiger partial charge >= 0.3 is 0 Å². The molecule has 2 rings (SSSR count). The van der Waals surface area contributed by atoms with Gasteiger partial charge in [-0.05, 0) is 96.5 Å². The first kappa shape index (κ1) is 15.3. The fourth-order valence-electron chi connectivity index (χ4n) is 1.91. The van der Waals surface area contributed by atoms with Crippen LogP contribution in [0.25, 0.3) is 0 Å². The van der Waals surface area contributed by atoms with E-state index >= 15 is 0 Å². The number of hydrogen-bond acceptors (Lipinski definition) is 1. The molecule has 20 heavy (non-hydrogen) atoms. The van der Waals surface area contributed by atoms with Gasteiger partial charge in [-0.2, -0.15) is 0 Å². The Morgan fingerprint density at radius 1 is 0.900 bits per heavy atom. The predicted molar refractivity (Wildman–Crippen MR) is 99.7 cm³/mol. The fraction of sp³-hybridized carbons (Fsp3) is 0.188. The van der Waals surface area contributed by atoms with Crippen LogP contribution in [0.3, 0.4) is 0 Å². The lowest BCUT2D eigenvalue weighted by Crippen LogP contribution is -2.20. The molecule has 0 aromatic heterocycles. The summed E-state index contributed by atoms with van der Waals surface area (Å²) >= 11 is 7.70. The van der Waals surface area contributed by atoms with Crippen molar-refractivity contribution in [3.05, 3.63) is 56.7 Å². The van der Waals surface area contributed by atoms with E-state index in [4.69, 9.17) is 12.2 Å². The molecule has 0 saturated carbocycles. The van der Waals surface area contributed by atoms with Gasteiger partial charge in [0.2, 0.25) is 0 Å². The molecule has 0 radical (unpaired) electrons. The Balaban J connectivity index is 2.11. The molecule has 0 amide bonds. The van der Waals surface area contributed by atoms with Crippen molar-refractivity contribution in [1.82, 2.24) is 0 Å². The van der Waals surface area contributed by atoms with Crippen molar-refractivity contribution in [2.45, 2.75) is 20.8 Å². The van der Waals surface area contributed by atoms with Crippen molar-refractivity contribution >= 4 is 51.3 Å². The maximum Gasteiger partial charge on any atom is 0.175 e. The minimum Gasteiger partial charge on any atom is -0.332 e. The molecule has 0 atom stereocenters. The van der Waals surface area contributed by atoms with Crippen LogP contribution in [0.15, 0.2) is 36.4 Å². The molecular formula is C16H17IN2S. The Bertz CT molecular complexity index is 653. The van der Waals surface area contributed by atoms with Crippen molar-refractivity contribution in [2.24, 2.45) is 0 Å². The van der Waals surface area contributed by atoms with Crippen LogP contribution in [0.4, 0.5) is 11.4 Å². The van der Waals surface area contributed by atoms with Gasteiger partial charge in [-0.15, -0.1) is 0 Å². The Hall–Kier alpha value is -1.14. The molecule has 0 bridgehead atoms. The molecule has 0 saturated heterocycles.